The number of halogens is 4. The molecular weight excluding hydrogens is 329 g/mol. The molecule has 0 aliphatic rings. The van der Waals surface area contributed by atoms with Gasteiger partial charge < -0.3 is 9.26 Å². The van der Waals surface area contributed by atoms with Crippen LogP contribution in [-0.2, 0) is 12.8 Å². The smallest absolute Gasteiger partial charge is 0.433 e. The van der Waals surface area contributed by atoms with Crippen molar-refractivity contribution in [3.63, 3.8) is 0 Å². The Hall–Kier alpha value is -1.57. The molecule has 2 heterocycles. The molecule has 0 saturated carbocycles. The number of rotatable bonds is 3. The van der Waals surface area contributed by atoms with E-state index < -0.39 is 11.9 Å². The fraction of sp³-hybridized carbons (Fsp3) is 0.273. The first-order valence-electron chi connectivity index (χ1n) is 5.15. The summed E-state index contributed by atoms with van der Waals surface area (Å²) in [5.41, 5.74) is -0.437. The molecule has 0 unspecified atom stereocenters. The summed E-state index contributed by atoms with van der Waals surface area (Å²) < 4.78 is 47.4. The van der Waals surface area contributed by atoms with Gasteiger partial charge >= 0.3 is 6.18 Å². The SMILES string of the molecule is Cc1cc(COc2ccc(C(F)(F)F)nc2Br)no1. The maximum atomic E-state index is 12.4. The first-order chi connectivity index (χ1) is 8.86. The van der Waals surface area contributed by atoms with Gasteiger partial charge in [-0.2, -0.15) is 13.2 Å². The van der Waals surface area contributed by atoms with E-state index in [1.54, 1.807) is 13.0 Å². The van der Waals surface area contributed by atoms with Crippen molar-refractivity contribution in [2.75, 3.05) is 0 Å². The molecular formula is C11H8BrF3N2O2. The molecule has 0 aliphatic carbocycles. The van der Waals surface area contributed by atoms with E-state index in [0.717, 1.165) is 6.07 Å². The van der Waals surface area contributed by atoms with Crippen molar-refractivity contribution in [1.29, 1.82) is 0 Å². The Morgan fingerprint density at radius 1 is 1.37 bits per heavy atom. The number of nitrogens with zero attached hydrogens (tertiary/aromatic N) is 2. The number of aryl methyl sites for hydroxylation is 1. The van der Waals surface area contributed by atoms with Gasteiger partial charge in [0.15, 0.2) is 5.75 Å². The third-order valence-electron chi connectivity index (χ3n) is 2.16. The fourth-order valence-corrected chi connectivity index (χ4v) is 1.76. The average molecular weight is 337 g/mol. The Balaban J connectivity index is 2.09. The lowest BCUT2D eigenvalue weighted by molar-refractivity contribution is -0.141. The van der Waals surface area contributed by atoms with Crippen molar-refractivity contribution in [2.24, 2.45) is 0 Å². The molecule has 0 spiro atoms. The molecule has 0 fully saturated rings. The zero-order valence-electron chi connectivity index (χ0n) is 9.66. The molecule has 2 rings (SSSR count). The van der Waals surface area contributed by atoms with Gasteiger partial charge in [-0.25, -0.2) is 4.98 Å². The first-order valence-corrected chi connectivity index (χ1v) is 5.94. The minimum absolute atomic E-state index is 0.0115. The number of ether oxygens (including phenoxy) is 1. The zero-order valence-corrected chi connectivity index (χ0v) is 11.2. The predicted octanol–water partition coefficient (Wildman–Crippen LogP) is 3.74. The average Bonchev–Trinajstić information content (AvgIpc) is 2.72. The Bertz CT molecular complexity index is 584. The lowest BCUT2D eigenvalue weighted by atomic mass is 10.3. The van der Waals surface area contributed by atoms with Crippen LogP contribution in [0, 0.1) is 6.92 Å². The van der Waals surface area contributed by atoms with E-state index in [1.165, 1.54) is 6.07 Å². The summed E-state index contributed by atoms with van der Waals surface area (Å²) >= 11 is 2.94. The molecule has 2 aromatic heterocycles. The second-order valence-corrected chi connectivity index (χ2v) is 4.45. The molecule has 0 amide bonds. The quantitative estimate of drug-likeness (QED) is 0.801. The molecule has 0 saturated heterocycles. The molecule has 4 nitrogen and oxygen atoms in total. The highest BCUT2D eigenvalue weighted by Crippen LogP contribution is 2.32. The molecule has 102 valence electrons. The Labute approximate surface area is 114 Å². The third kappa shape index (κ3) is 3.46. The molecule has 0 N–H and O–H groups in total. The van der Waals surface area contributed by atoms with Crippen LogP contribution in [0.3, 0.4) is 0 Å². The fourth-order valence-electron chi connectivity index (χ4n) is 1.32. The van der Waals surface area contributed by atoms with E-state index in [0.29, 0.717) is 11.5 Å². The number of pyridine rings is 1. The van der Waals surface area contributed by atoms with E-state index in [9.17, 15) is 13.2 Å². The second-order valence-electron chi connectivity index (χ2n) is 3.70. The number of aromatic nitrogens is 2. The standard InChI is InChI=1S/C11H8BrF3N2O2/c1-6-4-7(17-19-6)5-18-8-2-3-9(11(13,14)15)16-10(8)12/h2-4H,5H2,1H3. The molecule has 0 bridgehead atoms. The van der Waals surface area contributed by atoms with E-state index in [4.69, 9.17) is 9.26 Å². The van der Waals surface area contributed by atoms with Crippen molar-refractivity contribution in [3.8, 4) is 5.75 Å². The van der Waals surface area contributed by atoms with Gasteiger partial charge in [0.1, 0.15) is 28.4 Å². The Morgan fingerprint density at radius 3 is 2.63 bits per heavy atom. The number of hydrogen-bond donors (Lipinski definition) is 0. The van der Waals surface area contributed by atoms with Crippen LogP contribution >= 0.6 is 15.9 Å². The lowest BCUT2D eigenvalue weighted by Crippen LogP contribution is -2.08. The second kappa shape index (κ2) is 5.20. The van der Waals surface area contributed by atoms with E-state index >= 15 is 0 Å². The third-order valence-corrected chi connectivity index (χ3v) is 2.73. The molecule has 8 heteroatoms. The highest BCUT2D eigenvalue weighted by molar-refractivity contribution is 9.10. The highest BCUT2D eigenvalue weighted by Gasteiger charge is 2.33. The summed E-state index contributed by atoms with van der Waals surface area (Å²) in [6.07, 6.45) is -4.48. The molecule has 0 aliphatic heterocycles. The summed E-state index contributed by atoms with van der Waals surface area (Å²) in [6.45, 7) is 1.81. The van der Waals surface area contributed by atoms with E-state index in [1.807, 2.05) is 0 Å². The summed E-state index contributed by atoms with van der Waals surface area (Å²) in [4.78, 5) is 3.38. The summed E-state index contributed by atoms with van der Waals surface area (Å²) in [6, 6.07) is 3.73. The van der Waals surface area contributed by atoms with Gasteiger partial charge in [-0.3, -0.25) is 0 Å². The molecule has 0 radical (unpaired) electrons. The van der Waals surface area contributed by atoms with Gasteiger partial charge in [0.2, 0.25) is 0 Å². The first kappa shape index (κ1) is 13.9. The molecule has 0 atom stereocenters. The number of alkyl halides is 3. The van der Waals surface area contributed by atoms with Crippen LogP contribution in [0.4, 0.5) is 13.2 Å². The van der Waals surface area contributed by atoms with Gasteiger partial charge in [-0.1, -0.05) is 5.16 Å². The minimum Gasteiger partial charge on any atom is -0.484 e. The highest BCUT2D eigenvalue weighted by atomic mass is 79.9. The monoisotopic (exact) mass is 336 g/mol. The minimum atomic E-state index is -4.48. The maximum Gasteiger partial charge on any atom is 0.433 e. The van der Waals surface area contributed by atoms with Crippen molar-refractivity contribution in [3.05, 3.63) is 40.0 Å². The largest absolute Gasteiger partial charge is 0.484 e. The topological polar surface area (TPSA) is 48.2 Å². The van der Waals surface area contributed by atoms with Crippen LogP contribution in [0.2, 0.25) is 0 Å². The van der Waals surface area contributed by atoms with Gasteiger partial charge in [0.05, 0.1) is 0 Å². The molecule has 2 aromatic rings. The van der Waals surface area contributed by atoms with Crippen molar-refractivity contribution in [2.45, 2.75) is 19.7 Å². The summed E-state index contributed by atoms with van der Waals surface area (Å²) in [5.74, 6) is 0.830. The van der Waals surface area contributed by atoms with Crippen LogP contribution in [0.5, 0.6) is 5.75 Å². The number of hydrogen-bond acceptors (Lipinski definition) is 4. The van der Waals surface area contributed by atoms with Gasteiger partial charge in [-0.15, -0.1) is 0 Å². The van der Waals surface area contributed by atoms with Gasteiger partial charge in [0, 0.05) is 6.07 Å². The maximum absolute atomic E-state index is 12.4. The Morgan fingerprint density at radius 2 is 2.11 bits per heavy atom. The zero-order chi connectivity index (χ0) is 14.0. The summed E-state index contributed by atoms with van der Waals surface area (Å²) in [7, 11) is 0. The van der Waals surface area contributed by atoms with Gasteiger partial charge in [-0.05, 0) is 35.0 Å². The predicted molar refractivity (Wildman–Crippen MR) is 62.5 cm³/mol. The summed E-state index contributed by atoms with van der Waals surface area (Å²) in [5, 5.41) is 3.70. The Kier molecular flexibility index (Phi) is 3.79. The van der Waals surface area contributed by atoms with Crippen molar-refractivity contribution >= 4 is 15.9 Å². The van der Waals surface area contributed by atoms with Crippen LogP contribution in [-0.4, -0.2) is 10.1 Å². The van der Waals surface area contributed by atoms with Crippen molar-refractivity contribution in [1.82, 2.24) is 10.1 Å². The van der Waals surface area contributed by atoms with Crippen LogP contribution < -0.4 is 4.74 Å². The normalized spacial score (nSPS) is 11.6. The van der Waals surface area contributed by atoms with Crippen molar-refractivity contribution < 1.29 is 22.4 Å². The van der Waals surface area contributed by atoms with Crippen LogP contribution in [0.1, 0.15) is 17.1 Å². The van der Waals surface area contributed by atoms with Crippen LogP contribution in [0.25, 0.3) is 0 Å². The van der Waals surface area contributed by atoms with E-state index in [2.05, 4.69) is 26.1 Å². The molecule has 19 heavy (non-hydrogen) atoms. The lowest BCUT2D eigenvalue weighted by Gasteiger charge is -2.09. The van der Waals surface area contributed by atoms with Crippen LogP contribution in [0.15, 0.2) is 27.3 Å². The van der Waals surface area contributed by atoms with E-state index in [-0.39, 0.29) is 17.0 Å². The van der Waals surface area contributed by atoms with Gasteiger partial charge in [0.25, 0.3) is 0 Å². The molecule has 0 aromatic carbocycles.